The number of nitrogens with zero attached hydrogens (tertiary/aromatic N) is 4. The number of aromatic nitrogens is 3. The molecule has 140 valence electrons. The lowest BCUT2D eigenvalue weighted by atomic mass is 10.1. The van der Waals surface area contributed by atoms with Crippen LogP contribution in [0.5, 0.6) is 0 Å². The number of aryl methyl sites for hydroxylation is 1. The number of nitrogens with one attached hydrogen (secondary N) is 2. The summed E-state index contributed by atoms with van der Waals surface area (Å²) in [6.45, 7) is 5.19. The van der Waals surface area contributed by atoms with Gasteiger partial charge in [0.1, 0.15) is 12.4 Å². The summed E-state index contributed by atoms with van der Waals surface area (Å²) in [6.07, 6.45) is 5.53. The topological polar surface area (TPSA) is 67.1 Å². The van der Waals surface area contributed by atoms with Gasteiger partial charge in [0.05, 0.1) is 0 Å². The number of halogens is 1. The van der Waals surface area contributed by atoms with E-state index in [4.69, 9.17) is 11.6 Å². The van der Waals surface area contributed by atoms with Crippen LogP contribution in [0.3, 0.4) is 0 Å². The van der Waals surface area contributed by atoms with Crippen LogP contribution in [0, 0.1) is 0 Å². The molecule has 0 saturated heterocycles. The van der Waals surface area contributed by atoms with Crippen molar-refractivity contribution >= 4 is 17.6 Å². The summed E-state index contributed by atoms with van der Waals surface area (Å²) < 4.78 is 2.24. The largest absolute Gasteiger partial charge is 0.357 e. The normalized spacial score (nSPS) is 14.6. The molecule has 7 heteroatoms. The van der Waals surface area contributed by atoms with Crippen LogP contribution in [0.4, 0.5) is 0 Å². The first kappa shape index (κ1) is 18.7. The molecule has 0 amide bonds. The lowest BCUT2D eigenvalue weighted by Crippen LogP contribution is -2.38. The van der Waals surface area contributed by atoms with E-state index in [1.165, 1.54) is 19.3 Å². The Morgan fingerprint density at radius 3 is 2.92 bits per heavy atom. The molecule has 3 rings (SSSR count). The van der Waals surface area contributed by atoms with Crippen LogP contribution in [0.2, 0.25) is 5.02 Å². The van der Waals surface area contributed by atoms with Crippen LogP contribution in [0.15, 0.2) is 29.3 Å². The Morgan fingerprint density at radius 2 is 2.08 bits per heavy atom. The molecular weight excluding hydrogens is 348 g/mol. The van der Waals surface area contributed by atoms with Crippen molar-refractivity contribution in [3.05, 3.63) is 46.5 Å². The summed E-state index contributed by atoms with van der Waals surface area (Å²) in [4.78, 5) is 4.69. The zero-order valence-electron chi connectivity index (χ0n) is 15.3. The molecule has 1 aliphatic rings. The molecule has 0 unspecified atom stereocenters. The van der Waals surface area contributed by atoms with Gasteiger partial charge in [0, 0.05) is 31.1 Å². The molecule has 0 atom stereocenters. The van der Waals surface area contributed by atoms with E-state index in [0.717, 1.165) is 60.7 Å². The zero-order chi connectivity index (χ0) is 18.2. The summed E-state index contributed by atoms with van der Waals surface area (Å²) in [6, 6.07) is 7.94. The third kappa shape index (κ3) is 4.97. The van der Waals surface area contributed by atoms with E-state index >= 15 is 0 Å². The van der Waals surface area contributed by atoms with Crippen LogP contribution in [0.1, 0.15) is 43.4 Å². The number of rotatable bonds is 6. The molecule has 1 aromatic heterocycles. The Balaban J connectivity index is 1.59. The highest BCUT2D eigenvalue weighted by molar-refractivity contribution is 6.31. The minimum atomic E-state index is 0.536. The van der Waals surface area contributed by atoms with Gasteiger partial charge < -0.3 is 15.2 Å². The Kier molecular flexibility index (Phi) is 6.89. The smallest absolute Gasteiger partial charge is 0.191 e. The minimum absolute atomic E-state index is 0.536. The number of guanidine groups is 1. The van der Waals surface area contributed by atoms with E-state index < -0.39 is 0 Å². The molecule has 2 heterocycles. The third-order valence-electron chi connectivity index (χ3n) is 4.55. The summed E-state index contributed by atoms with van der Waals surface area (Å²) in [5, 5.41) is 16.2. The van der Waals surface area contributed by atoms with Crippen molar-refractivity contribution in [3.8, 4) is 0 Å². The first-order valence-corrected chi connectivity index (χ1v) is 9.82. The second-order valence-corrected chi connectivity index (χ2v) is 6.87. The minimum Gasteiger partial charge on any atom is -0.357 e. The van der Waals surface area contributed by atoms with Crippen LogP contribution in [-0.4, -0.2) is 33.8 Å². The van der Waals surface area contributed by atoms with E-state index in [2.05, 4.69) is 43.4 Å². The summed E-state index contributed by atoms with van der Waals surface area (Å²) in [5.74, 6) is 2.85. The van der Waals surface area contributed by atoms with Gasteiger partial charge in [-0.1, -0.05) is 36.2 Å². The number of fused-ring (bicyclic) bond motifs is 1. The molecule has 0 saturated carbocycles. The first-order chi connectivity index (χ1) is 12.8. The van der Waals surface area contributed by atoms with Crippen molar-refractivity contribution in [1.82, 2.24) is 25.4 Å². The number of hydrogen-bond donors (Lipinski definition) is 2. The Morgan fingerprint density at radius 1 is 1.19 bits per heavy atom. The number of benzene rings is 1. The molecule has 2 N–H and O–H groups in total. The van der Waals surface area contributed by atoms with Crippen LogP contribution in [-0.2, 0) is 25.9 Å². The lowest BCUT2D eigenvalue weighted by Gasteiger charge is -2.12. The molecule has 0 spiro atoms. The fraction of sp³-hybridized carbons (Fsp3) is 0.526. The van der Waals surface area contributed by atoms with Gasteiger partial charge in [0.25, 0.3) is 0 Å². The summed E-state index contributed by atoms with van der Waals surface area (Å²) in [5.41, 5.74) is 1.14. The van der Waals surface area contributed by atoms with Crippen molar-refractivity contribution in [2.45, 2.75) is 52.1 Å². The van der Waals surface area contributed by atoms with E-state index in [0.29, 0.717) is 6.54 Å². The van der Waals surface area contributed by atoms with Crippen LogP contribution < -0.4 is 10.6 Å². The Labute approximate surface area is 160 Å². The SMILES string of the molecule is CCNC(=NCc1nnc2n1CCCCC2)NCCc1ccccc1Cl. The predicted molar refractivity (Wildman–Crippen MR) is 106 cm³/mol. The van der Waals surface area contributed by atoms with E-state index in [1.54, 1.807) is 0 Å². The molecule has 1 aliphatic heterocycles. The second kappa shape index (κ2) is 9.57. The summed E-state index contributed by atoms with van der Waals surface area (Å²) in [7, 11) is 0. The van der Waals surface area contributed by atoms with Crippen molar-refractivity contribution in [2.75, 3.05) is 13.1 Å². The quantitative estimate of drug-likeness (QED) is 0.602. The van der Waals surface area contributed by atoms with Crippen LogP contribution >= 0.6 is 11.6 Å². The number of aliphatic imine (C=N–C) groups is 1. The standard InChI is InChI=1S/C19H27ClN6/c1-2-21-19(22-12-11-15-8-5-6-9-16(15)20)23-14-18-25-24-17-10-4-3-7-13-26(17)18/h5-6,8-9H,2-4,7,10-14H2,1H3,(H2,21,22,23). The maximum Gasteiger partial charge on any atom is 0.191 e. The van der Waals surface area contributed by atoms with Gasteiger partial charge in [0.15, 0.2) is 11.8 Å². The van der Waals surface area contributed by atoms with Crippen molar-refractivity contribution < 1.29 is 0 Å². The molecule has 0 radical (unpaired) electrons. The fourth-order valence-electron chi connectivity index (χ4n) is 3.17. The lowest BCUT2D eigenvalue weighted by molar-refractivity contribution is 0.605. The molecule has 26 heavy (non-hydrogen) atoms. The zero-order valence-corrected chi connectivity index (χ0v) is 16.1. The molecule has 2 aromatic rings. The number of hydrogen-bond acceptors (Lipinski definition) is 3. The molecule has 1 aromatic carbocycles. The van der Waals surface area contributed by atoms with E-state index in [-0.39, 0.29) is 0 Å². The van der Waals surface area contributed by atoms with Gasteiger partial charge in [-0.25, -0.2) is 4.99 Å². The van der Waals surface area contributed by atoms with Gasteiger partial charge in [-0.3, -0.25) is 0 Å². The third-order valence-corrected chi connectivity index (χ3v) is 4.92. The van der Waals surface area contributed by atoms with Gasteiger partial charge in [-0.05, 0) is 37.8 Å². The second-order valence-electron chi connectivity index (χ2n) is 6.46. The van der Waals surface area contributed by atoms with Gasteiger partial charge in [0.2, 0.25) is 0 Å². The molecule has 0 bridgehead atoms. The molecule has 0 fully saturated rings. The van der Waals surface area contributed by atoms with Gasteiger partial charge in [-0.15, -0.1) is 10.2 Å². The molecule has 0 aliphatic carbocycles. The fourth-order valence-corrected chi connectivity index (χ4v) is 3.40. The van der Waals surface area contributed by atoms with E-state index in [9.17, 15) is 0 Å². The van der Waals surface area contributed by atoms with Gasteiger partial charge >= 0.3 is 0 Å². The highest BCUT2D eigenvalue weighted by Crippen LogP contribution is 2.15. The highest BCUT2D eigenvalue weighted by Gasteiger charge is 2.14. The summed E-state index contributed by atoms with van der Waals surface area (Å²) >= 11 is 6.22. The Bertz CT molecular complexity index is 739. The molecular formula is C19H27ClN6. The van der Waals surface area contributed by atoms with Crippen molar-refractivity contribution in [2.24, 2.45) is 4.99 Å². The predicted octanol–water partition coefficient (Wildman–Crippen LogP) is 2.96. The molecule has 6 nitrogen and oxygen atoms in total. The average Bonchev–Trinajstić information content (AvgIpc) is 2.87. The monoisotopic (exact) mass is 374 g/mol. The maximum atomic E-state index is 6.22. The van der Waals surface area contributed by atoms with E-state index in [1.807, 2.05) is 18.2 Å². The average molecular weight is 375 g/mol. The van der Waals surface area contributed by atoms with Crippen LogP contribution in [0.25, 0.3) is 0 Å². The van der Waals surface area contributed by atoms with Gasteiger partial charge in [-0.2, -0.15) is 0 Å². The Hall–Kier alpha value is -2.08. The van der Waals surface area contributed by atoms with Crippen molar-refractivity contribution in [1.29, 1.82) is 0 Å². The van der Waals surface area contributed by atoms with Crippen molar-refractivity contribution in [3.63, 3.8) is 0 Å². The highest BCUT2D eigenvalue weighted by atomic mass is 35.5. The maximum absolute atomic E-state index is 6.22. The first-order valence-electron chi connectivity index (χ1n) is 9.44.